The number of sulfonamides is 1. The number of hydrogen-bond donors (Lipinski definition) is 2. The Hall–Kier alpha value is -3.31. The molecule has 2 aromatic heterocycles. The van der Waals surface area contributed by atoms with Gasteiger partial charge >= 0.3 is 0 Å². The average Bonchev–Trinajstić information content (AvgIpc) is 3.01. The summed E-state index contributed by atoms with van der Waals surface area (Å²) in [7, 11) is -0.887. The third-order valence-corrected chi connectivity index (χ3v) is 5.77. The van der Waals surface area contributed by atoms with Gasteiger partial charge in [-0.3, -0.25) is 20.4 Å². The highest BCUT2D eigenvalue weighted by atomic mass is 32.2. The Morgan fingerprint density at radius 1 is 1.11 bits per heavy atom. The molecule has 0 aliphatic carbocycles. The van der Waals surface area contributed by atoms with Crippen molar-refractivity contribution in [2.45, 2.75) is 11.8 Å². The van der Waals surface area contributed by atoms with E-state index in [9.17, 15) is 18.0 Å². The molecule has 28 heavy (non-hydrogen) atoms. The topological polar surface area (TPSA) is 126 Å². The molecular weight excluding hydrogens is 384 g/mol. The molecule has 10 nitrogen and oxygen atoms in total. The summed E-state index contributed by atoms with van der Waals surface area (Å²) >= 11 is 0. The molecule has 0 aliphatic rings. The van der Waals surface area contributed by atoms with Crippen LogP contribution in [0.5, 0.6) is 0 Å². The molecule has 2 amide bonds. The van der Waals surface area contributed by atoms with Gasteiger partial charge < -0.3 is 0 Å². The second kappa shape index (κ2) is 7.37. The lowest BCUT2D eigenvalue weighted by Gasteiger charge is -2.12. The average molecular weight is 402 g/mol. The van der Waals surface area contributed by atoms with E-state index < -0.39 is 21.8 Å². The van der Waals surface area contributed by atoms with Gasteiger partial charge in [0.1, 0.15) is 5.56 Å². The number of amides is 2. The van der Waals surface area contributed by atoms with Crippen LogP contribution in [0, 0.1) is 6.92 Å². The van der Waals surface area contributed by atoms with Crippen LogP contribution in [0.25, 0.3) is 5.65 Å². The molecule has 2 heterocycles. The summed E-state index contributed by atoms with van der Waals surface area (Å²) in [6.45, 7) is 1.65. The number of benzene rings is 1. The van der Waals surface area contributed by atoms with Crippen LogP contribution >= 0.6 is 0 Å². The van der Waals surface area contributed by atoms with Crippen molar-refractivity contribution in [3.63, 3.8) is 0 Å². The summed E-state index contributed by atoms with van der Waals surface area (Å²) in [4.78, 5) is 28.9. The molecule has 0 atom stereocenters. The predicted octanol–water partition coefficient (Wildman–Crippen LogP) is 0.363. The van der Waals surface area contributed by atoms with Gasteiger partial charge in [0.2, 0.25) is 10.0 Å². The molecular formula is C17H18N6O4S. The minimum atomic E-state index is -3.68. The van der Waals surface area contributed by atoms with Crippen LogP contribution < -0.4 is 10.9 Å². The molecule has 0 saturated carbocycles. The summed E-state index contributed by atoms with van der Waals surface area (Å²) in [6, 6.07) is 7.19. The van der Waals surface area contributed by atoms with Gasteiger partial charge in [-0.2, -0.15) is 5.10 Å². The van der Waals surface area contributed by atoms with Gasteiger partial charge in [-0.05, 0) is 31.2 Å². The van der Waals surface area contributed by atoms with Crippen LogP contribution in [-0.4, -0.2) is 53.2 Å². The number of carbonyl (C=O) groups excluding carboxylic acids is 2. The number of aromatic nitrogens is 3. The minimum Gasteiger partial charge on any atom is -0.267 e. The van der Waals surface area contributed by atoms with Crippen molar-refractivity contribution in [3.8, 4) is 0 Å². The molecule has 0 saturated heterocycles. The third-order valence-electron chi connectivity index (χ3n) is 3.96. The normalized spacial score (nSPS) is 11.6. The van der Waals surface area contributed by atoms with E-state index >= 15 is 0 Å². The molecule has 0 bridgehead atoms. The summed E-state index contributed by atoms with van der Waals surface area (Å²) < 4.78 is 26.9. The Kier molecular flexibility index (Phi) is 5.12. The summed E-state index contributed by atoms with van der Waals surface area (Å²) in [5.74, 6) is -1.25. The van der Waals surface area contributed by atoms with E-state index in [0.29, 0.717) is 11.3 Å². The van der Waals surface area contributed by atoms with Crippen LogP contribution in [0.1, 0.15) is 26.4 Å². The number of nitrogens with zero attached hydrogens (tertiary/aromatic N) is 4. The molecule has 0 radical (unpaired) electrons. The van der Waals surface area contributed by atoms with E-state index in [1.54, 1.807) is 19.2 Å². The maximum Gasteiger partial charge on any atom is 0.275 e. The van der Waals surface area contributed by atoms with E-state index in [-0.39, 0.29) is 16.0 Å². The molecule has 1 aromatic carbocycles. The van der Waals surface area contributed by atoms with Gasteiger partial charge in [-0.1, -0.05) is 6.07 Å². The number of fused-ring (bicyclic) bond motifs is 1. The van der Waals surface area contributed by atoms with Gasteiger partial charge in [-0.25, -0.2) is 22.2 Å². The number of aryl methyl sites for hydroxylation is 1. The van der Waals surface area contributed by atoms with Crippen LogP contribution in [0.4, 0.5) is 0 Å². The first-order valence-corrected chi connectivity index (χ1v) is 9.59. The third kappa shape index (κ3) is 3.57. The SMILES string of the molecule is Cc1nn2cccnc2c1C(=O)NNC(=O)c1cccc(S(=O)(=O)N(C)C)c1. The lowest BCUT2D eigenvalue weighted by atomic mass is 10.2. The van der Waals surface area contributed by atoms with Crippen LogP contribution in [0.3, 0.4) is 0 Å². The summed E-state index contributed by atoms with van der Waals surface area (Å²) in [5.41, 5.74) is 5.69. The predicted molar refractivity (Wildman–Crippen MR) is 100.0 cm³/mol. The van der Waals surface area contributed by atoms with Gasteiger partial charge in [0.25, 0.3) is 11.8 Å². The van der Waals surface area contributed by atoms with Crippen molar-refractivity contribution in [1.29, 1.82) is 0 Å². The lowest BCUT2D eigenvalue weighted by molar-refractivity contribution is 0.0847. The van der Waals surface area contributed by atoms with Crippen molar-refractivity contribution in [1.82, 2.24) is 29.8 Å². The first-order valence-electron chi connectivity index (χ1n) is 8.15. The van der Waals surface area contributed by atoms with Crippen molar-refractivity contribution in [2.75, 3.05) is 14.1 Å². The maximum atomic E-state index is 12.5. The van der Waals surface area contributed by atoms with E-state index in [2.05, 4.69) is 20.9 Å². The largest absolute Gasteiger partial charge is 0.275 e. The maximum absolute atomic E-state index is 12.5. The molecule has 0 aliphatic heterocycles. The molecule has 146 valence electrons. The Balaban J connectivity index is 1.77. The van der Waals surface area contributed by atoms with Crippen LogP contribution in [-0.2, 0) is 10.0 Å². The zero-order valence-corrected chi connectivity index (χ0v) is 16.2. The number of rotatable bonds is 4. The fraction of sp³-hybridized carbons (Fsp3) is 0.176. The van der Waals surface area contributed by atoms with Gasteiger partial charge in [0.15, 0.2) is 5.65 Å². The van der Waals surface area contributed by atoms with Crippen molar-refractivity contribution >= 4 is 27.5 Å². The summed E-state index contributed by atoms with van der Waals surface area (Å²) in [5, 5.41) is 4.18. The first-order chi connectivity index (χ1) is 13.2. The van der Waals surface area contributed by atoms with E-state index in [1.165, 1.54) is 49.1 Å². The second-order valence-electron chi connectivity index (χ2n) is 6.07. The smallest absolute Gasteiger partial charge is 0.267 e. The number of hydrogen-bond acceptors (Lipinski definition) is 6. The van der Waals surface area contributed by atoms with Gasteiger partial charge in [0, 0.05) is 32.1 Å². The Bertz CT molecular complexity index is 1170. The zero-order valence-electron chi connectivity index (χ0n) is 15.4. The van der Waals surface area contributed by atoms with E-state index in [0.717, 1.165) is 4.31 Å². The first kappa shape index (κ1) is 19.5. The molecule has 3 rings (SSSR count). The highest BCUT2D eigenvalue weighted by molar-refractivity contribution is 7.89. The minimum absolute atomic E-state index is 0.0286. The quantitative estimate of drug-likeness (QED) is 0.607. The Morgan fingerprint density at radius 3 is 2.54 bits per heavy atom. The van der Waals surface area contributed by atoms with Crippen molar-refractivity contribution < 1.29 is 18.0 Å². The fourth-order valence-corrected chi connectivity index (χ4v) is 3.47. The molecule has 0 spiro atoms. The molecule has 11 heteroatoms. The number of nitrogens with one attached hydrogen (secondary N) is 2. The highest BCUT2D eigenvalue weighted by Gasteiger charge is 2.21. The number of carbonyl (C=O) groups is 2. The summed E-state index contributed by atoms with van der Waals surface area (Å²) in [6.07, 6.45) is 3.18. The van der Waals surface area contributed by atoms with Crippen molar-refractivity contribution in [3.05, 3.63) is 59.5 Å². The lowest BCUT2D eigenvalue weighted by Crippen LogP contribution is -2.42. The standard InChI is InChI=1S/C17H18N6O4S/c1-11-14(15-18-8-5-9-23(15)21-11)17(25)20-19-16(24)12-6-4-7-13(10-12)28(26,27)22(2)3/h4-10H,1-3H3,(H,19,24)(H,20,25). The Morgan fingerprint density at radius 2 is 1.82 bits per heavy atom. The molecule has 0 unspecified atom stereocenters. The molecule has 2 N–H and O–H groups in total. The monoisotopic (exact) mass is 402 g/mol. The van der Waals surface area contributed by atoms with Gasteiger partial charge in [0.05, 0.1) is 10.6 Å². The Labute approximate surface area is 161 Å². The fourth-order valence-electron chi connectivity index (χ4n) is 2.52. The molecule has 3 aromatic rings. The second-order valence-corrected chi connectivity index (χ2v) is 8.22. The van der Waals surface area contributed by atoms with Crippen molar-refractivity contribution in [2.24, 2.45) is 0 Å². The van der Waals surface area contributed by atoms with E-state index in [4.69, 9.17) is 0 Å². The van der Waals surface area contributed by atoms with E-state index in [1.807, 2.05) is 0 Å². The van der Waals surface area contributed by atoms with Crippen LogP contribution in [0.15, 0.2) is 47.6 Å². The molecule has 0 fully saturated rings. The number of hydrazine groups is 1. The zero-order chi connectivity index (χ0) is 20.5. The van der Waals surface area contributed by atoms with Crippen LogP contribution in [0.2, 0.25) is 0 Å². The highest BCUT2D eigenvalue weighted by Crippen LogP contribution is 2.15. The van der Waals surface area contributed by atoms with Gasteiger partial charge in [-0.15, -0.1) is 0 Å².